The van der Waals surface area contributed by atoms with Crippen LogP contribution in [0.5, 0.6) is 0 Å². The maximum Gasteiger partial charge on any atom is 0.248 e. The Balaban J connectivity index is 0.000000177. The van der Waals surface area contributed by atoms with E-state index >= 15 is 0 Å². The van der Waals surface area contributed by atoms with Crippen molar-refractivity contribution in [3.05, 3.63) is 88.0 Å². The topological polar surface area (TPSA) is 185 Å². The molecule has 0 bridgehead atoms. The van der Waals surface area contributed by atoms with Crippen molar-refractivity contribution in [2.45, 2.75) is 116 Å². The molecule has 6 aromatic rings. The highest BCUT2D eigenvalue weighted by molar-refractivity contribution is 6.31. The van der Waals surface area contributed by atoms with E-state index in [9.17, 15) is 17.6 Å². The number of hydrogen-bond acceptors (Lipinski definition) is 12. The van der Waals surface area contributed by atoms with Crippen LogP contribution in [-0.4, -0.2) is 83.4 Å². The smallest absolute Gasteiger partial charge is 0.248 e. The molecule has 16 nitrogen and oxygen atoms in total. The van der Waals surface area contributed by atoms with Gasteiger partial charge in [0, 0.05) is 98.7 Å². The lowest BCUT2D eigenvalue weighted by molar-refractivity contribution is -0.0366. The van der Waals surface area contributed by atoms with Crippen LogP contribution in [0.15, 0.2) is 48.8 Å². The fourth-order valence-electron chi connectivity index (χ4n) is 7.12. The van der Waals surface area contributed by atoms with Crippen LogP contribution in [0.1, 0.15) is 85.5 Å². The number of alkyl halides is 4. The molecule has 0 atom stereocenters. The highest BCUT2D eigenvalue weighted by Crippen LogP contribution is 2.36. The first-order valence-corrected chi connectivity index (χ1v) is 20.5. The summed E-state index contributed by atoms with van der Waals surface area (Å²) in [6.45, 7) is 8.73. The number of nitrogens with two attached hydrogens (primary N) is 1. The molecule has 2 aliphatic carbocycles. The monoisotopic (exact) mass is 868 g/mol. The lowest BCUT2D eigenvalue weighted by Crippen LogP contribution is -2.32. The molecular weight excluding hydrogens is 816 g/mol. The van der Waals surface area contributed by atoms with Gasteiger partial charge in [0.05, 0.1) is 36.0 Å². The summed E-state index contributed by atoms with van der Waals surface area (Å²) in [5, 5.41) is 35.4. The normalized spacial score (nSPS) is 16.3. The number of pyridine rings is 2. The molecule has 6 heterocycles. The Morgan fingerprint density at radius 2 is 1.11 bits per heavy atom. The predicted molar refractivity (Wildman–Crippen MR) is 226 cm³/mol. The summed E-state index contributed by atoms with van der Waals surface area (Å²) in [6.07, 6.45) is 4.68. The van der Waals surface area contributed by atoms with Crippen molar-refractivity contribution in [2.75, 3.05) is 16.0 Å². The zero-order valence-corrected chi connectivity index (χ0v) is 35.9. The number of halogens is 5. The van der Waals surface area contributed by atoms with E-state index in [1.54, 1.807) is 48.0 Å². The molecule has 0 spiro atoms. The Labute approximate surface area is 356 Å². The summed E-state index contributed by atoms with van der Waals surface area (Å²) < 4.78 is 57.0. The SMILES string of the molecule is Cc1cc(C)n(-c2cc(Cl)cc(NC3CCC(F)(F)CC3)n2)n1.Cc1cc(C)n(-c2cc(NCc3cnn(C)n3)cc(NC3CCC(F)(F)CC3)n2)n1.Cn1ncc(CN)n1. The van der Waals surface area contributed by atoms with Gasteiger partial charge in [0.25, 0.3) is 0 Å². The third kappa shape index (κ3) is 12.9. The molecule has 0 amide bonds. The number of nitrogens with one attached hydrogen (secondary N) is 3. The van der Waals surface area contributed by atoms with E-state index in [-0.39, 0.29) is 37.8 Å². The molecule has 21 heteroatoms. The van der Waals surface area contributed by atoms with Gasteiger partial charge in [-0.1, -0.05) is 11.6 Å². The largest absolute Gasteiger partial charge is 0.379 e. The number of hydrogen-bond donors (Lipinski definition) is 4. The second kappa shape index (κ2) is 19.4. The average molecular weight is 869 g/mol. The van der Waals surface area contributed by atoms with Gasteiger partial charge in [-0.05, 0) is 71.6 Å². The highest BCUT2D eigenvalue weighted by atomic mass is 35.5. The highest BCUT2D eigenvalue weighted by Gasteiger charge is 2.36. The average Bonchev–Trinajstić information content (AvgIpc) is 3.99. The van der Waals surface area contributed by atoms with Crippen molar-refractivity contribution in [2.24, 2.45) is 19.8 Å². The van der Waals surface area contributed by atoms with Gasteiger partial charge in [0.1, 0.15) is 17.3 Å². The molecule has 0 unspecified atom stereocenters. The van der Waals surface area contributed by atoms with Crippen molar-refractivity contribution in [1.29, 1.82) is 0 Å². The Bertz CT molecular complexity index is 2350. The summed E-state index contributed by atoms with van der Waals surface area (Å²) in [4.78, 5) is 12.2. The van der Waals surface area contributed by atoms with Crippen molar-refractivity contribution in [1.82, 2.24) is 59.5 Å². The van der Waals surface area contributed by atoms with E-state index in [1.807, 2.05) is 52.0 Å². The summed E-state index contributed by atoms with van der Waals surface area (Å²) in [5.41, 5.74) is 11.4. The summed E-state index contributed by atoms with van der Waals surface area (Å²) in [7, 11) is 3.53. The van der Waals surface area contributed by atoms with E-state index in [0.717, 1.165) is 39.9 Å². The van der Waals surface area contributed by atoms with Crippen LogP contribution < -0.4 is 21.7 Å². The first-order valence-electron chi connectivity index (χ1n) is 20.1. The first kappa shape index (κ1) is 44.9. The molecule has 0 aliphatic heterocycles. The van der Waals surface area contributed by atoms with Crippen LogP contribution in [0.25, 0.3) is 11.6 Å². The molecule has 5 N–H and O–H groups in total. The third-order valence-electron chi connectivity index (χ3n) is 10.2. The fourth-order valence-corrected chi connectivity index (χ4v) is 7.32. The van der Waals surface area contributed by atoms with Gasteiger partial charge in [0.2, 0.25) is 11.8 Å². The van der Waals surface area contributed by atoms with Gasteiger partial charge in [-0.2, -0.15) is 40.2 Å². The van der Waals surface area contributed by atoms with Gasteiger partial charge >= 0.3 is 0 Å². The minimum atomic E-state index is -2.55. The van der Waals surface area contributed by atoms with E-state index in [4.69, 9.17) is 22.3 Å². The lowest BCUT2D eigenvalue weighted by atomic mass is 9.92. The minimum absolute atomic E-state index is 0.00565. The second-order valence-corrected chi connectivity index (χ2v) is 16.0. The summed E-state index contributed by atoms with van der Waals surface area (Å²) in [5.74, 6) is -2.58. The van der Waals surface area contributed by atoms with E-state index < -0.39 is 11.8 Å². The Morgan fingerprint density at radius 3 is 1.52 bits per heavy atom. The second-order valence-electron chi connectivity index (χ2n) is 15.6. The lowest BCUT2D eigenvalue weighted by Gasteiger charge is -2.29. The zero-order chi connectivity index (χ0) is 43.9. The molecule has 2 saturated carbocycles. The molecule has 0 aromatic carbocycles. The van der Waals surface area contributed by atoms with Gasteiger partial charge in [-0.25, -0.2) is 36.9 Å². The number of rotatable bonds is 10. The Morgan fingerprint density at radius 1 is 0.656 bits per heavy atom. The standard InChI is InChI=1S/C20H26F2N8.C16H19ClF2N4.C4H8N4/c1-13-8-14(2)30(27-13)19-10-16(23-11-17-12-24-29(3)28-17)9-18(26-19)25-15-4-6-20(21,22)7-5-15;1-10-7-11(2)23(22-10)15-9-12(17)8-14(21-15)20-13-3-5-16(18,19)6-4-13;1-8-6-3-4(2-5)7-8/h8-10,12,15H,4-7,11H2,1-3H3,(H2,23,25,26);7-9,13H,3-6H2,1-2H3,(H,20,21);3H,2,5H2,1H3. The van der Waals surface area contributed by atoms with Gasteiger partial charge in [-0.15, -0.1) is 0 Å². The molecule has 2 fully saturated rings. The number of anilines is 3. The quantitative estimate of drug-likeness (QED) is 0.100. The van der Waals surface area contributed by atoms with Gasteiger partial charge in [0.15, 0.2) is 11.6 Å². The van der Waals surface area contributed by atoms with Crippen LogP contribution >= 0.6 is 11.6 Å². The van der Waals surface area contributed by atoms with Crippen molar-refractivity contribution in [3.8, 4) is 11.6 Å². The van der Waals surface area contributed by atoms with E-state index in [0.29, 0.717) is 67.1 Å². The number of aryl methyl sites for hydroxylation is 6. The molecule has 61 heavy (non-hydrogen) atoms. The number of nitrogens with zero attached hydrogens (tertiary/aromatic N) is 12. The maximum atomic E-state index is 13.5. The predicted octanol–water partition coefficient (Wildman–Crippen LogP) is 7.42. The Hall–Kier alpha value is -5.63. The van der Waals surface area contributed by atoms with Crippen LogP contribution in [0.3, 0.4) is 0 Å². The summed E-state index contributed by atoms with van der Waals surface area (Å²) >= 11 is 6.18. The van der Waals surface area contributed by atoms with Crippen LogP contribution in [0.4, 0.5) is 34.9 Å². The first-order chi connectivity index (χ1) is 28.9. The van der Waals surface area contributed by atoms with E-state index in [2.05, 4.69) is 51.5 Å². The molecule has 2 aliphatic rings. The maximum absolute atomic E-state index is 13.5. The molecule has 328 valence electrons. The molecule has 6 aromatic heterocycles. The molecule has 0 radical (unpaired) electrons. The third-order valence-corrected chi connectivity index (χ3v) is 10.4. The Kier molecular flexibility index (Phi) is 14.3. The molecule has 8 rings (SSSR count). The van der Waals surface area contributed by atoms with E-state index in [1.165, 1.54) is 9.59 Å². The van der Waals surface area contributed by atoms with Crippen LogP contribution in [0.2, 0.25) is 5.02 Å². The summed E-state index contributed by atoms with van der Waals surface area (Å²) in [6, 6.07) is 11.2. The van der Waals surface area contributed by atoms with Crippen LogP contribution in [-0.2, 0) is 27.2 Å². The molecule has 0 saturated heterocycles. The molecular formula is C40H53ClF4N16. The number of aromatic nitrogens is 12. The van der Waals surface area contributed by atoms with Gasteiger partial charge in [-0.3, -0.25) is 0 Å². The van der Waals surface area contributed by atoms with Gasteiger partial charge < -0.3 is 21.7 Å². The minimum Gasteiger partial charge on any atom is -0.379 e. The fraction of sp³-hybridized carbons (Fsp3) is 0.500. The zero-order valence-electron chi connectivity index (χ0n) is 35.2. The van der Waals surface area contributed by atoms with Crippen molar-refractivity contribution >= 4 is 28.9 Å². The van der Waals surface area contributed by atoms with Crippen molar-refractivity contribution < 1.29 is 17.6 Å². The van der Waals surface area contributed by atoms with Crippen LogP contribution in [0, 0.1) is 27.7 Å². The van der Waals surface area contributed by atoms with Crippen molar-refractivity contribution in [3.63, 3.8) is 0 Å².